The van der Waals surface area contributed by atoms with Crippen molar-refractivity contribution in [1.29, 1.82) is 0 Å². The molecule has 0 radical (unpaired) electrons. The van der Waals surface area contributed by atoms with E-state index in [2.05, 4.69) is 38.0 Å². The number of aryl methyl sites for hydroxylation is 1. The van der Waals surface area contributed by atoms with E-state index in [-0.39, 0.29) is 0 Å². The van der Waals surface area contributed by atoms with Crippen LogP contribution < -0.4 is 5.32 Å². The molecule has 23 heavy (non-hydrogen) atoms. The van der Waals surface area contributed by atoms with Crippen molar-refractivity contribution in [2.24, 2.45) is 0 Å². The van der Waals surface area contributed by atoms with E-state index in [4.69, 9.17) is 4.52 Å². The summed E-state index contributed by atoms with van der Waals surface area (Å²) in [7, 11) is 0. The van der Waals surface area contributed by atoms with E-state index in [0.29, 0.717) is 6.54 Å². The van der Waals surface area contributed by atoms with Crippen molar-refractivity contribution in [1.82, 2.24) is 15.1 Å². The molecule has 0 saturated carbocycles. The second-order valence-electron chi connectivity index (χ2n) is 5.21. The maximum atomic E-state index is 5.24. The molecule has 0 aliphatic heterocycles. The van der Waals surface area contributed by atoms with Crippen molar-refractivity contribution in [3.8, 4) is 11.1 Å². The highest BCUT2D eigenvalue weighted by Gasteiger charge is 2.13. The van der Waals surface area contributed by atoms with Gasteiger partial charge < -0.3 is 9.84 Å². The molecule has 0 spiro atoms. The minimum Gasteiger partial charge on any atom is -0.362 e. The maximum absolute atomic E-state index is 5.24. The Kier molecular flexibility index (Phi) is 3.51. The number of hydrogen-bond donors (Lipinski definition) is 1. The third kappa shape index (κ3) is 2.68. The summed E-state index contributed by atoms with van der Waals surface area (Å²) < 4.78 is 5.24. The summed E-state index contributed by atoms with van der Waals surface area (Å²) in [5.74, 6) is 1.59. The summed E-state index contributed by atoms with van der Waals surface area (Å²) in [6, 6.07) is 12.2. The summed E-state index contributed by atoms with van der Waals surface area (Å²) >= 11 is 1.62. The number of nitrogens with one attached hydrogen (secondary N) is 1. The van der Waals surface area contributed by atoms with Gasteiger partial charge in [0.1, 0.15) is 17.0 Å². The highest BCUT2D eigenvalue weighted by atomic mass is 32.1. The van der Waals surface area contributed by atoms with Gasteiger partial charge in [0.2, 0.25) is 0 Å². The molecule has 0 bridgehead atoms. The van der Waals surface area contributed by atoms with Crippen LogP contribution in [0.4, 0.5) is 5.82 Å². The van der Waals surface area contributed by atoms with Crippen LogP contribution in [0, 0.1) is 6.92 Å². The topological polar surface area (TPSA) is 63.8 Å². The number of aromatic nitrogens is 3. The Morgan fingerprint density at radius 1 is 1.17 bits per heavy atom. The fourth-order valence-electron chi connectivity index (χ4n) is 2.51. The number of hydrogen-bond acceptors (Lipinski definition) is 6. The van der Waals surface area contributed by atoms with Crippen molar-refractivity contribution in [3.63, 3.8) is 0 Å². The molecule has 5 nitrogen and oxygen atoms in total. The van der Waals surface area contributed by atoms with Gasteiger partial charge in [-0.1, -0.05) is 35.5 Å². The lowest BCUT2D eigenvalue weighted by atomic mass is 10.1. The molecule has 0 saturated heterocycles. The van der Waals surface area contributed by atoms with Gasteiger partial charge in [-0.3, -0.25) is 0 Å². The summed E-state index contributed by atoms with van der Waals surface area (Å²) in [4.78, 5) is 9.76. The molecule has 0 aliphatic carbocycles. The van der Waals surface area contributed by atoms with Crippen molar-refractivity contribution in [2.75, 3.05) is 5.32 Å². The molecule has 1 aromatic carbocycles. The fourth-order valence-corrected chi connectivity index (χ4v) is 3.43. The highest BCUT2D eigenvalue weighted by Crippen LogP contribution is 2.36. The standard InChI is InChI=1S/C17H14N4OS/c1-11-7-13(22-21-11)8-18-16-15-14(12-5-3-2-4-6-12)9-23-17(15)20-10-19-16/h2-7,9-10H,8H2,1H3,(H,18,19,20). The van der Waals surface area contributed by atoms with Gasteiger partial charge in [0.15, 0.2) is 5.76 Å². The largest absolute Gasteiger partial charge is 0.362 e. The molecular weight excluding hydrogens is 308 g/mol. The molecule has 0 unspecified atom stereocenters. The van der Waals surface area contributed by atoms with Crippen LogP contribution in [0.5, 0.6) is 0 Å². The number of anilines is 1. The Labute approximate surface area is 137 Å². The average Bonchev–Trinajstić information content (AvgIpc) is 3.20. The van der Waals surface area contributed by atoms with E-state index in [9.17, 15) is 0 Å². The Bertz CT molecular complexity index is 946. The highest BCUT2D eigenvalue weighted by molar-refractivity contribution is 7.17. The van der Waals surface area contributed by atoms with E-state index >= 15 is 0 Å². The first-order valence-corrected chi connectivity index (χ1v) is 8.13. The van der Waals surface area contributed by atoms with Gasteiger partial charge in [0.05, 0.1) is 17.6 Å². The number of thiophene rings is 1. The van der Waals surface area contributed by atoms with Crippen LogP contribution in [0.2, 0.25) is 0 Å². The molecule has 3 aromatic heterocycles. The molecule has 1 N–H and O–H groups in total. The molecule has 4 rings (SSSR count). The van der Waals surface area contributed by atoms with Gasteiger partial charge in [-0.15, -0.1) is 11.3 Å². The minimum atomic E-state index is 0.539. The molecule has 0 amide bonds. The first kappa shape index (κ1) is 13.9. The molecule has 3 heterocycles. The summed E-state index contributed by atoms with van der Waals surface area (Å²) in [5.41, 5.74) is 3.17. The van der Waals surface area contributed by atoms with Crippen molar-refractivity contribution >= 4 is 27.4 Å². The van der Waals surface area contributed by atoms with Crippen molar-refractivity contribution < 1.29 is 4.52 Å². The normalized spacial score (nSPS) is 11.0. The quantitative estimate of drug-likeness (QED) is 0.608. The van der Waals surface area contributed by atoms with Gasteiger partial charge in [-0.25, -0.2) is 9.97 Å². The zero-order valence-corrected chi connectivity index (χ0v) is 13.3. The van der Waals surface area contributed by atoms with Crippen LogP contribution in [0.15, 0.2) is 52.6 Å². The van der Waals surface area contributed by atoms with Crippen LogP contribution in [0.3, 0.4) is 0 Å². The van der Waals surface area contributed by atoms with Crippen LogP contribution in [0.25, 0.3) is 21.3 Å². The minimum absolute atomic E-state index is 0.539. The van der Waals surface area contributed by atoms with Crippen LogP contribution in [-0.4, -0.2) is 15.1 Å². The lowest BCUT2D eigenvalue weighted by molar-refractivity contribution is 0.384. The predicted molar refractivity (Wildman–Crippen MR) is 91.4 cm³/mol. The van der Waals surface area contributed by atoms with Gasteiger partial charge >= 0.3 is 0 Å². The van der Waals surface area contributed by atoms with E-state index in [1.165, 1.54) is 0 Å². The molecule has 114 valence electrons. The molecule has 0 fully saturated rings. The van der Waals surface area contributed by atoms with E-state index in [1.807, 2.05) is 31.2 Å². The number of rotatable bonds is 4. The van der Waals surface area contributed by atoms with E-state index in [1.54, 1.807) is 17.7 Å². The Hall–Kier alpha value is -2.73. The first-order chi connectivity index (χ1) is 11.3. The SMILES string of the molecule is Cc1cc(CNc2ncnc3scc(-c4ccccc4)c23)on1. The molecule has 0 atom stereocenters. The smallest absolute Gasteiger partial charge is 0.156 e. The van der Waals surface area contributed by atoms with Crippen LogP contribution >= 0.6 is 11.3 Å². The van der Waals surface area contributed by atoms with Crippen molar-refractivity contribution in [2.45, 2.75) is 13.5 Å². The Morgan fingerprint density at radius 3 is 2.83 bits per heavy atom. The zero-order valence-electron chi connectivity index (χ0n) is 12.5. The second kappa shape index (κ2) is 5.81. The van der Waals surface area contributed by atoms with E-state index in [0.717, 1.165) is 38.6 Å². The molecule has 6 heteroatoms. The third-order valence-corrected chi connectivity index (χ3v) is 4.45. The maximum Gasteiger partial charge on any atom is 0.156 e. The number of benzene rings is 1. The summed E-state index contributed by atoms with van der Waals surface area (Å²) in [6.45, 7) is 2.44. The van der Waals surface area contributed by atoms with Gasteiger partial charge in [0, 0.05) is 17.0 Å². The number of nitrogens with zero attached hydrogens (tertiary/aromatic N) is 3. The summed E-state index contributed by atoms with van der Waals surface area (Å²) in [5, 5.41) is 10.4. The first-order valence-electron chi connectivity index (χ1n) is 7.25. The van der Waals surface area contributed by atoms with Crippen molar-refractivity contribution in [3.05, 3.63) is 59.6 Å². The van der Waals surface area contributed by atoms with Gasteiger partial charge in [-0.2, -0.15) is 0 Å². The third-order valence-electron chi connectivity index (χ3n) is 3.56. The van der Waals surface area contributed by atoms with E-state index < -0.39 is 0 Å². The lowest BCUT2D eigenvalue weighted by Gasteiger charge is -2.06. The summed E-state index contributed by atoms with van der Waals surface area (Å²) in [6.07, 6.45) is 1.58. The Balaban J connectivity index is 1.73. The molecule has 0 aliphatic rings. The van der Waals surface area contributed by atoms with Crippen LogP contribution in [-0.2, 0) is 6.54 Å². The number of fused-ring (bicyclic) bond motifs is 1. The Morgan fingerprint density at radius 2 is 2.04 bits per heavy atom. The second-order valence-corrected chi connectivity index (χ2v) is 6.06. The molecular formula is C17H14N4OS. The molecule has 4 aromatic rings. The monoisotopic (exact) mass is 322 g/mol. The van der Waals surface area contributed by atoms with Crippen LogP contribution in [0.1, 0.15) is 11.5 Å². The van der Waals surface area contributed by atoms with Gasteiger partial charge in [0.25, 0.3) is 0 Å². The lowest BCUT2D eigenvalue weighted by Crippen LogP contribution is -2.01. The zero-order chi connectivity index (χ0) is 15.6. The predicted octanol–water partition coefficient (Wildman–Crippen LogP) is 4.27. The average molecular weight is 322 g/mol. The fraction of sp³-hybridized carbons (Fsp3) is 0.118. The van der Waals surface area contributed by atoms with Gasteiger partial charge in [-0.05, 0) is 12.5 Å².